The number of rotatable bonds is 4. The van der Waals surface area contributed by atoms with Crippen LogP contribution in [0, 0.1) is 0 Å². The number of nitrogens with one attached hydrogen (secondary N) is 1. The lowest BCUT2D eigenvalue weighted by Crippen LogP contribution is -2.09. The monoisotopic (exact) mass is 271 g/mol. The summed E-state index contributed by atoms with van der Waals surface area (Å²) in [6, 6.07) is 11.5. The minimum atomic E-state index is -0.264. The Morgan fingerprint density at radius 3 is 2.55 bits per heavy atom. The fourth-order valence-electron chi connectivity index (χ4n) is 1.97. The van der Waals surface area contributed by atoms with E-state index >= 15 is 0 Å². The first-order valence-corrected chi connectivity index (χ1v) is 6.51. The van der Waals surface area contributed by atoms with Crippen LogP contribution in [0.3, 0.4) is 0 Å². The van der Waals surface area contributed by atoms with Crippen molar-refractivity contribution in [3.63, 3.8) is 0 Å². The van der Waals surface area contributed by atoms with Crippen molar-refractivity contribution in [3.8, 4) is 0 Å². The van der Waals surface area contributed by atoms with E-state index in [9.17, 15) is 9.59 Å². The van der Waals surface area contributed by atoms with Crippen LogP contribution in [0.15, 0.2) is 36.4 Å². The van der Waals surface area contributed by atoms with Gasteiger partial charge in [-0.05, 0) is 28.5 Å². The molecule has 0 bridgehead atoms. The van der Waals surface area contributed by atoms with Crippen LogP contribution >= 0.6 is 0 Å². The molecule has 0 aliphatic heterocycles. The minimum Gasteiger partial charge on any atom is -0.469 e. The first-order chi connectivity index (χ1) is 9.62. The van der Waals surface area contributed by atoms with E-state index in [0.717, 1.165) is 22.0 Å². The first kappa shape index (κ1) is 14.1. The largest absolute Gasteiger partial charge is 0.469 e. The molecule has 1 N–H and O–H groups in total. The first-order valence-electron chi connectivity index (χ1n) is 6.51. The summed E-state index contributed by atoms with van der Waals surface area (Å²) < 4.78 is 4.66. The predicted molar refractivity (Wildman–Crippen MR) is 78.6 cm³/mol. The summed E-state index contributed by atoms with van der Waals surface area (Å²) in [6.45, 7) is 1.81. The van der Waals surface area contributed by atoms with Gasteiger partial charge >= 0.3 is 5.97 Å². The van der Waals surface area contributed by atoms with Gasteiger partial charge in [0.1, 0.15) is 0 Å². The molecule has 0 unspecified atom stereocenters. The molecule has 0 aromatic heterocycles. The molecular weight excluding hydrogens is 254 g/mol. The van der Waals surface area contributed by atoms with E-state index in [0.29, 0.717) is 6.42 Å². The maximum absolute atomic E-state index is 11.4. The molecule has 0 radical (unpaired) electrons. The van der Waals surface area contributed by atoms with Crippen LogP contribution < -0.4 is 5.32 Å². The number of ether oxygens (including phenoxy) is 1. The van der Waals surface area contributed by atoms with Gasteiger partial charge in [0.05, 0.1) is 13.5 Å². The summed E-state index contributed by atoms with van der Waals surface area (Å²) in [7, 11) is 1.38. The maximum Gasteiger partial charge on any atom is 0.309 e. The standard InChI is InChI=1S/C16H17NO3/c1-3-15(18)17-14-7-6-12-5-4-11(8-13(12)10-14)9-16(19)20-2/h4-8,10H,3,9H2,1-2H3,(H,17,18). The quantitative estimate of drug-likeness (QED) is 0.870. The van der Waals surface area contributed by atoms with Crippen molar-refractivity contribution in [2.45, 2.75) is 19.8 Å². The molecule has 1 amide bonds. The second kappa shape index (κ2) is 6.19. The van der Waals surface area contributed by atoms with Crippen LogP contribution in [0.1, 0.15) is 18.9 Å². The molecule has 0 saturated carbocycles. The molecule has 0 saturated heterocycles. The number of amides is 1. The molecule has 0 aliphatic carbocycles. The number of anilines is 1. The van der Waals surface area contributed by atoms with Gasteiger partial charge in [0.25, 0.3) is 0 Å². The highest BCUT2D eigenvalue weighted by Gasteiger charge is 2.05. The van der Waals surface area contributed by atoms with Crippen molar-refractivity contribution in [1.82, 2.24) is 0 Å². The predicted octanol–water partition coefficient (Wildman–Crippen LogP) is 2.90. The van der Waals surface area contributed by atoms with Crippen molar-refractivity contribution in [3.05, 3.63) is 42.0 Å². The fourth-order valence-corrected chi connectivity index (χ4v) is 1.97. The Kier molecular flexibility index (Phi) is 4.35. The lowest BCUT2D eigenvalue weighted by Gasteiger charge is -2.07. The smallest absolute Gasteiger partial charge is 0.309 e. The summed E-state index contributed by atoms with van der Waals surface area (Å²) in [5, 5.41) is 4.87. The van der Waals surface area contributed by atoms with Gasteiger partial charge in [0, 0.05) is 12.1 Å². The van der Waals surface area contributed by atoms with Gasteiger partial charge in [-0.2, -0.15) is 0 Å². The highest BCUT2D eigenvalue weighted by atomic mass is 16.5. The van der Waals surface area contributed by atoms with E-state index in [1.807, 2.05) is 43.3 Å². The molecule has 2 aromatic carbocycles. The number of methoxy groups -OCH3 is 1. The van der Waals surface area contributed by atoms with Gasteiger partial charge in [-0.1, -0.05) is 31.2 Å². The highest BCUT2D eigenvalue weighted by Crippen LogP contribution is 2.21. The van der Waals surface area contributed by atoms with E-state index in [2.05, 4.69) is 10.1 Å². The molecule has 0 spiro atoms. The van der Waals surface area contributed by atoms with Gasteiger partial charge in [0.2, 0.25) is 5.91 Å². The number of carbonyl (C=O) groups is 2. The normalized spacial score (nSPS) is 10.3. The van der Waals surface area contributed by atoms with Crippen molar-refractivity contribution < 1.29 is 14.3 Å². The maximum atomic E-state index is 11.4. The average Bonchev–Trinajstić information content (AvgIpc) is 2.46. The fraction of sp³-hybridized carbons (Fsp3) is 0.250. The zero-order valence-electron chi connectivity index (χ0n) is 11.6. The lowest BCUT2D eigenvalue weighted by molar-refractivity contribution is -0.139. The molecule has 4 heteroatoms. The molecule has 4 nitrogen and oxygen atoms in total. The highest BCUT2D eigenvalue weighted by molar-refractivity contribution is 5.94. The minimum absolute atomic E-state index is 0.0185. The van der Waals surface area contributed by atoms with E-state index in [1.165, 1.54) is 7.11 Å². The number of fused-ring (bicyclic) bond motifs is 1. The third-order valence-corrected chi connectivity index (χ3v) is 3.09. The zero-order valence-corrected chi connectivity index (χ0v) is 11.6. The molecule has 0 atom stereocenters. The Bertz CT molecular complexity index is 596. The van der Waals surface area contributed by atoms with E-state index in [4.69, 9.17) is 0 Å². The van der Waals surface area contributed by atoms with Crippen LogP contribution in [0.5, 0.6) is 0 Å². The van der Waals surface area contributed by atoms with Gasteiger partial charge in [-0.15, -0.1) is 0 Å². The van der Waals surface area contributed by atoms with Crippen molar-refractivity contribution in [2.75, 3.05) is 12.4 Å². The van der Waals surface area contributed by atoms with Crippen LogP contribution in [0.2, 0.25) is 0 Å². The average molecular weight is 271 g/mol. The summed E-state index contributed by atoms with van der Waals surface area (Å²) in [5.74, 6) is -0.283. The molecule has 0 heterocycles. The Hall–Kier alpha value is -2.36. The molecule has 104 valence electrons. The van der Waals surface area contributed by atoms with Gasteiger partial charge in [-0.25, -0.2) is 0 Å². The van der Waals surface area contributed by atoms with Crippen LogP contribution in [0.25, 0.3) is 10.8 Å². The molecule has 20 heavy (non-hydrogen) atoms. The second-order valence-electron chi connectivity index (χ2n) is 4.55. The second-order valence-corrected chi connectivity index (χ2v) is 4.55. The lowest BCUT2D eigenvalue weighted by atomic mass is 10.0. The summed E-state index contributed by atoms with van der Waals surface area (Å²) in [4.78, 5) is 22.7. The Labute approximate surface area is 117 Å². The van der Waals surface area contributed by atoms with E-state index < -0.39 is 0 Å². The SMILES string of the molecule is CCC(=O)Nc1ccc2ccc(CC(=O)OC)cc2c1. The third kappa shape index (κ3) is 3.35. The molecule has 2 rings (SSSR count). The van der Waals surface area contributed by atoms with Gasteiger partial charge < -0.3 is 10.1 Å². The zero-order chi connectivity index (χ0) is 14.5. The molecule has 0 aliphatic rings. The van der Waals surface area contributed by atoms with E-state index in [-0.39, 0.29) is 18.3 Å². The summed E-state index contributed by atoms with van der Waals surface area (Å²) in [6.07, 6.45) is 0.693. The Balaban J connectivity index is 2.29. The van der Waals surface area contributed by atoms with Crippen LogP contribution in [0.4, 0.5) is 5.69 Å². The summed E-state index contributed by atoms with van der Waals surface area (Å²) in [5.41, 5.74) is 1.66. The number of benzene rings is 2. The van der Waals surface area contributed by atoms with E-state index in [1.54, 1.807) is 0 Å². The number of esters is 1. The Morgan fingerprint density at radius 1 is 1.10 bits per heavy atom. The molecule has 0 fully saturated rings. The van der Waals surface area contributed by atoms with Crippen LogP contribution in [-0.2, 0) is 20.7 Å². The van der Waals surface area contributed by atoms with Crippen molar-refractivity contribution in [1.29, 1.82) is 0 Å². The Morgan fingerprint density at radius 2 is 1.85 bits per heavy atom. The van der Waals surface area contributed by atoms with Crippen molar-refractivity contribution in [2.24, 2.45) is 0 Å². The topological polar surface area (TPSA) is 55.4 Å². The summed E-state index contributed by atoms with van der Waals surface area (Å²) >= 11 is 0. The number of carbonyl (C=O) groups excluding carboxylic acids is 2. The molecule has 2 aromatic rings. The number of hydrogen-bond acceptors (Lipinski definition) is 3. The van der Waals surface area contributed by atoms with Gasteiger partial charge in [0.15, 0.2) is 0 Å². The van der Waals surface area contributed by atoms with Gasteiger partial charge in [-0.3, -0.25) is 9.59 Å². The molecular formula is C16H17NO3. The third-order valence-electron chi connectivity index (χ3n) is 3.09. The van der Waals surface area contributed by atoms with Crippen LogP contribution in [-0.4, -0.2) is 19.0 Å². The number of hydrogen-bond donors (Lipinski definition) is 1. The van der Waals surface area contributed by atoms with Crippen molar-refractivity contribution >= 4 is 28.3 Å².